The van der Waals surface area contributed by atoms with E-state index in [0.29, 0.717) is 31.0 Å². The molecule has 13 heteroatoms. The fraction of sp³-hybridized carbons (Fsp3) is 0.381. The van der Waals surface area contributed by atoms with E-state index >= 15 is 0 Å². The molecule has 0 bridgehead atoms. The highest BCUT2D eigenvalue weighted by atomic mass is 32.2. The molecule has 2 aromatic heterocycles. The van der Waals surface area contributed by atoms with Gasteiger partial charge in [0.05, 0.1) is 5.56 Å². The molecule has 2 atom stereocenters. The summed E-state index contributed by atoms with van der Waals surface area (Å²) in [5.41, 5.74) is 5.99. The van der Waals surface area contributed by atoms with Crippen LogP contribution < -0.4 is 15.6 Å². The fourth-order valence-corrected chi connectivity index (χ4v) is 4.55. The minimum Gasteiger partial charge on any atom is -0.420 e. The average molecular weight is 485 g/mol. The number of amides is 1. The summed E-state index contributed by atoms with van der Waals surface area (Å²) < 4.78 is 25.1. The standard InChI is InChI=1S/C21H24N8O4S/c30-19(29-6-5-16(12-29)25-28-34(31)32)9-18-26-27-20(33-18)15-10-22-21(23-11-15)24-17-7-13-3-1-2-4-14(13)8-17/h1-4,10-11,16-17,25,28H,5-9,12H2,(H,31,32)(H,22,23,24). The smallest absolute Gasteiger partial charge is 0.250 e. The highest BCUT2D eigenvalue weighted by Gasteiger charge is 2.27. The average Bonchev–Trinajstić information content (AvgIpc) is 3.57. The lowest BCUT2D eigenvalue weighted by atomic mass is 10.1. The van der Waals surface area contributed by atoms with Gasteiger partial charge in [-0.2, -0.15) is 4.83 Å². The van der Waals surface area contributed by atoms with E-state index in [2.05, 4.69) is 60.0 Å². The number of rotatable bonds is 8. The Bertz CT molecular complexity index is 1160. The summed E-state index contributed by atoms with van der Waals surface area (Å²) in [6, 6.07) is 8.55. The zero-order chi connectivity index (χ0) is 23.5. The lowest BCUT2D eigenvalue weighted by Gasteiger charge is -2.15. The first kappa shape index (κ1) is 22.5. The van der Waals surface area contributed by atoms with Gasteiger partial charge >= 0.3 is 0 Å². The molecule has 0 radical (unpaired) electrons. The minimum absolute atomic E-state index is 0.0260. The maximum absolute atomic E-state index is 12.5. The number of likely N-dealkylation sites (tertiary alicyclic amines) is 1. The Morgan fingerprint density at radius 2 is 1.88 bits per heavy atom. The second-order valence-corrected chi connectivity index (χ2v) is 9.01. The Morgan fingerprint density at radius 1 is 1.15 bits per heavy atom. The number of hydrogen-bond acceptors (Lipinski definition) is 9. The van der Waals surface area contributed by atoms with Gasteiger partial charge in [0, 0.05) is 37.6 Å². The van der Waals surface area contributed by atoms with Crippen molar-refractivity contribution in [3.8, 4) is 11.5 Å². The zero-order valence-corrected chi connectivity index (χ0v) is 19.0. The van der Waals surface area contributed by atoms with Crippen molar-refractivity contribution in [3.63, 3.8) is 0 Å². The maximum Gasteiger partial charge on any atom is 0.250 e. The number of hydrazine groups is 1. The molecule has 0 spiro atoms. The first-order valence-electron chi connectivity index (χ1n) is 10.9. The van der Waals surface area contributed by atoms with Crippen LogP contribution in [-0.4, -0.2) is 64.9 Å². The number of aromatic nitrogens is 4. The highest BCUT2D eigenvalue weighted by Crippen LogP contribution is 2.24. The lowest BCUT2D eigenvalue weighted by Crippen LogP contribution is -2.43. The van der Waals surface area contributed by atoms with E-state index in [1.54, 1.807) is 17.3 Å². The van der Waals surface area contributed by atoms with Gasteiger partial charge in [-0.1, -0.05) is 24.3 Å². The first-order valence-corrected chi connectivity index (χ1v) is 12.0. The van der Waals surface area contributed by atoms with E-state index in [1.165, 1.54) is 11.1 Å². The molecule has 1 aliphatic heterocycles. The molecular weight excluding hydrogens is 460 g/mol. The summed E-state index contributed by atoms with van der Waals surface area (Å²) in [6.45, 7) is 0.948. The van der Waals surface area contributed by atoms with E-state index in [1.807, 2.05) is 0 Å². The van der Waals surface area contributed by atoms with Crippen molar-refractivity contribution in [2.24, 2.45) is 0 Å². The monoisotopic (exact) mass is 484 g/mol. The lowest BCUT2D eigenvalue weighted by molar-refractivity contribution is -0.129. The third kappa shape index (κ3) is 5.28. The molecule has 178 valence electrons. The highest BCUT2D eigenvalue weighted by molar-refractivity contribution is 7.77. The maximum atomic E-state index is 12.5. The third-order valence-corrected chi connectivity index (χ3v) is 6.24. The molecule has 34 heavy (non-hydrogen) atoms. The zero-order valence-electron chi connectivity index (χ0n) is 18.2. The number of carbonyl (C=O) groups excluding carboxylic acids is 1. The van der Waals surface area contributed by atoms with Crippen molar-refractivity contribution in [1.82, 2.24) is 35.3 Å². The topological polar surface area (TPSA) is 158 Å². The number of fused-ring (bicyclic) bond motifs is 1. The van der Waals surface area contributed by atoms with E-state index in [0.717, 1.165) is 12.8 Å². The molecule has 1 saturated heterocycles. The summed E-state index contributed by atoms with van der Waals surface area (Å²) in [4.78, 5) is 25.2. The van der Waals surface area contributed by atoms with Crippen molar-refractivity contribution < 1.29 is 18.0 Å². The molecule has 2 aliphatic rings. The van der Waals surface area contributed by atoms with Crippen LogP contribution in [0.4, 0.5) is 5.95 Å². The number of carbonyl (C=O) groups is 1. The number of benzene rings is 1. The Labute approximate surface area is 198 Å². The van der Waals surface area contributed by atoms with Gasteiger partial charge in [0.1, 0.15) is 6.42 Å². The van der Waals surface area contributed by atoms with Crippen LogP contribution in [-0.2, 0) is 35.3 Å². The Balaban J connectivity index is 1.14. The predicted molar refractivity (Wildman–Crippen MR) is 122 cm³/mol. The van der Waals surface area contributed by atoms with Crippen LogP contribution in [0.3, 0.4) is 0 Å². The van der Waals surface area contributed by atoms with E-state index in [9.17, 15) is 9.00 Å². The summed E-state index contributed by atoms with van der Waals surface area (Å²) in [6.07, 6.45) is 5.75. The molecule has 1 amide bonds. The van der Waals surface area contributed by atoms with Crippen LogP contribution >= 0.6 is 0 Å². The molecule has 3 heterocycles. The van der Waals surface area contributed by atoms with Gasteiger partial charge in [-0.25, -0.2) is 19.6 Å². The predicted octanol–water partition coefficient (Wildman–Crippen LogP) is 0.480. The normalized spacial score (nSPS) is 18.7. The van der Waals surface area contributed by atoms with Crippen molar-refractivity contribution in [1.29, 1.82) is 0 Å². The van der Waals surface area contributed by atoms with E-state index in [4.69, 9.17) is 8.97 Å². The second kappa shape index (κ2) is 9.93. The largest absolute Gasteiger partial charge is 0.420 e. The number of nitrogens with one attached hydrogen (secondary N) is 3. The van der Waals surface area contributed by atoms with Gasteiger partial charge in [-0.05, 0) is 30.4 Å². The van der Waals surface area contributed by atoms with Gasteiger partial charge < -0.3 is 14.6 Å². The summed E-state index contributed by atoms with van der Waals surface area (Å²) >= 11 is -2.15. The van der Waals surface area contributed by atoms with Crippen molar-refractivity contribution >= 4 is 23.1 Å². The quantitative estimate of drug-likeness (QED) is 0.262. The van der Waals surface area contributed by atoms with Gasteiger partial charge in [0.15, 0.2) is 0 Å². The second-order valence-electron chi connectivity index (χ2n) is 8.31. The van der Waals surface area contributed by atoms with E-state index < -0.39 is 11.3 Å². The van der Waals surface area contributed by atoms with Gasteiger partial charge in [-0.3, -0.25) is 9.35 Å². The summed E-state index contributed by atoms with van der Waals surface area (Å²) in [7, 11) is 0. The van der Waals surface area contributed by atoms with Crippen LogP contribution in [0.2, 0.25) is 0 Å². The Kier molecular flexibility index (Phi) is 6.58. The van der Waals surface area contributed by atoms with Gasteiger partial charge in [0.25, 0.3) is 5.89 Å². The third-order valence-electron chi connectivity index (χ3n) is 5.94. The Morgan fingerprint density at radius 3 is 2.59 bits per heavy atom. The first-order chi connectivity index (χ1) is 16.5. The molecule has 5 rings (SSSR count). The van der Waals surface area contributed by atoms with Gasteiger partial charge in [-0.15, -0.1) is 10.2 Å². The van der Waals surface area contributed by atoms with Crippen LogP contribution in [0, 0.1) is 0 Å². The SMILES string of the molecule is O=C(Cc1nnc(-c2cnc(NC3Cc4ccccc4C3)nc2)o1)N1CCC(NNS(=O)O)C1. The molecule has 4 N–H and O–H groups in total. The molecule has 1 aliphatic carbocycles. The molecular formula is C21H24N8O4S. The molecule has 12 nitrogen and oxygen atoms in total. The summed E-state index contributed by atoms with van der Waals surface area (Å²) in [5.74, 6) is 0.835. The van der Waals surface area contributed by atoms with Crippen LogP contribution in [0.25, 0.3) is 11.5 Å². The fourth-order valence-electron chi connectivity index (χ4n) is 4.28. The van der Waals surface area contributed by atoms with Crippen LogP contribution in [0.1, 0.15) is 23.4 Å². The molecule has 0 saturated carbocycles. The minimum atomic E-state index is -2.15. The van der Waals surface area contributed by atoms with Crippen LogP contribution in [0.5, 0.6) is 0 Å². The van der Waals surface area contributed by atoms with Crippen molar-refractivity contribution in [2.75, 3.05) is 18.4 Å². The van der Waals surface area contributed by atoms with Gasteiger partial charge in [0.2, 0.25) is 29.0 Å². The number of anilines is 1. The molecule has 1 fully saturated rings. The van der Waals surface area contributed by atoms with Crippen molar-refractivity contribution in [2.45, 2.75) is 37.8 Å². The molecule has 2 unspecified atom stereocenters. The van der Waals surface area contributed by atoms with Crippen molar-refractivity contribution in [3.05, 3.63) is 53.7 Å². The molecule has 1 aromatic carbocycles. The number of hydrogen-bond donors (Lipinski definition) is 4. The Hall–Kier alpha value is -3.26. The van der Waals surface area contributed by atoms with E-state index in [-0.39, 0.29) is 36.2 Å². The van der Waals surface area contributed by atoms with Crippen LogP contribution in [0.15, 0.2) is 41.1 Å². The summed E-state index contributed by atoms with van der Waals surface area (Å²) in [5, 5.41) is 11.4. The molecule has 3 aromatic rings. The number of nitrogens with zero attached hydrogens (tertiary/aromatic N) is 5.